The van der Waals surface area contributed by atoms with E-state index in [9.17, 15) is 15.0 Å². The van der Waals surface area contributed by atoms with Crippen LogP contribution in [0.3, 0.4) is 0 Å². The van der Waals surface area contributed by atoms with E-state index in [1.165, 1.54) is 0 Å². The highest BCUT2D eigenvalue weighted by atomic mass is 16.3. The van der Waals surface area contributed by atoms with Gasteiger partial charge in [0, 0.05) is 7.05 Å². The van der Waals surface area contributed by atoms with Gasteiger partial charge < -0.3 is 15.1 Å². The summed E-state index contributed by atoms with van der Waals surface area (Å²) in [6.07, 6.45) is 1.36. The Balaban J connectivity index is 1.65. The number of likely N-dealkylation sites (N-methyl/N-ethyl adjacent to an activating group) is 1. The molecule has 1 unspecified atom stereocenters. The van der Waals surface area contributed by atoms with Gasteiger partial charge in [0.05, 0.1) is 18.1 Å². The van der Waals surface area contributed by atoms with Crippen molar-refractivity contribution in [3.8, 4) is 5.75 Å². The minimum Gasteiger partial charge on any atom is -0.508 e. The lowest BCUT2D eigenvalue weighted by Crippen LogP contribution is -2.34. The van der Waals surface area contributed by atoms with Gasteiger partial charge in [0.1, 0.15) is 5.75 Å². The SMILES string of the molecule is Cc1cc(C(O)CN(C)C(=O)C23CC2C3)ccc1O. The van der Waals surface area contributed by atoms with E-state index in [-0.39, 0.29) is 17.1 Å². The second-order valence-corrected chi connectivity index (χ2v) is 6.01. The van der Waals surface area contributed by atoms with E-state index in [0.29, 0.717) is 12.5 Å². The molecule has 2 saturated carbocycles. The fraction of sp³-hybridized carbons (Fsp3) is 0.533. The fourth-order valence-corrected chi connectivity index (χ4v) is 2.76. The molecule has 0 spiro atoms. The molecule has 2 aliphatic rings. The normalized spacial score (nSPS) is 28.5. The minimum absolute atomic E-state index is 0.0423. The van der Waals surface area contributed by atoms with E-state index in [1.54, 1.807) is 37.1 Å². The van der Waals surface area contributed by atoms with Crippen LogP contribution in [0.25, 0.3) is 0 Å². The lowest BCUT2D eigenvalue weighted by atomic mass is 10.1. The summed E-state index contributed by atoms with van der Waals surface area (Å²) in [5.74, 6) is 1.01. The van der Waals surface area contributed by atoms with Gasteiger partial charge in [-0.05, 0) is 48.9 Å². The van der Waals surface area contributed by atoms with Crippen molar-refractivity contribution in [3.05, 3.63) is 29.3 Å². The van der Waals surface area contributed by atoms with Crippen LogP contribution in [0.15, 0.2) is 18.2 Å². The highest BCUT2D eigenvalue weighted by Crippen LogP contribution is 2.75. The zero-order chi connectivity index (χ0) is 13.8. The molecule has 1 aromatic rings. The van der Waals surface area contributed by atoms with E-state index >= 15 is 0 Å². The molecule has 0 saturated heterocycles. The maximum absolute atomic E-state index is 12.1. The number of phenolic OH excluding ortho intramolecular Hbond substituents is 1. The van der Waals surface area contributed by atoms with Crippen LogP contribution >= 0.6 is 0 Å². The summed E-state index contributed by atoms with van der Waals surface area (Å²) in [7, 11) is 1.75. The predicted octanol–water partition coefficient (Wildman–Crippen LogP) is 1.60. The quantitative estimate of drug-likeness (QED) is 0.865. The Morgan fingerprint density at radius 1 is 1.53 bits per heavy atom. The first-order valence-electron chi connectivity index (χ1n) is 6.67. The summed E-state index contributed by atoms with van der Waals surface area (Å²) >= 11 is 0. The number of rotatable bonds is 4. The molecule has 1 aromatic carbocycles. The molecule has 0 bridgehead atoms. The molecule has 0 aliphatic heterocycles. The second-order valence-electron chi connectivity index (χ2n) is 6.01. The molecule has 4 heteroatoms. The Morgan fingerprint density at radius 3 is 2.68 bits per heavy atom. The number of fused-ring (bicyclic) bond motifs is 1. The first-order valence-corrected chi connectivity index (χ1v) is 6.67. The molecular weight excluding hydrogens is 242 g/mol. The molecule has 4 nitrogen and oxygen atoms in total. The summed E-state index contributed by atoms with van der Waals surface area (Å²) < 4.78 is 0. The second kappa shape index (κ2) is 3.97. The zero-order valence-electron chi connectivity index (χ0n) is 11.3. The monoisotopic (exact) mass is 261 g/mol. The van der Waals surface area contributed by atoms with Crippen LogP contribution in [0, 0.1) is 18.3 Å². The lowest BCUT2D eigenvalue weighted by molar-refractivity contribution is -0.134. The van der Waals surface area contributed by atoms with Gasteiger partial charge in [-0.3, -0.25) is 4.79 Å². The van der Waals surface area contributed by atoms with Gasteiger partial charge in [-0.15, -0.1) is 0 Å². The molecular formula is C15H19NO3. The number of aliphatic hydroxyl groups excluding tert-OH is 1. The van der Waals surface area contributed by atoms with Crippen molar-refractivity contribution in [1.29, 1.82) is 0 Å². The van der Waals surface area contributed by atoms with Gasteiger partial charge in [0.25, 0.3) is 0 Å². The predicted molar refractivity (Wildman–Crippen MR) is 70.6 cm³/mol. The Bertz CT molecular complexity index is 534. The molecule has 0 aromatic heterocycles. The Hall–Kier alpha value is -1.55. The van der Waals surface area contributed by atoms with E-state index in [2.05, 4.69) is 0 Å². The van der Waals surface area contributed by atoms with Gasteiger partial charge in [0.15, 0.2) is 0 Å². The number of phenols is 1. The number of benzene rings is 1. The topological polar surface area (TPSA) is 60.8 Å². The van der Waals surface area contributed by atoms with Crippen LogP contribution in [0.1, 0.15) is 30.1 Å². The van der Waals surface area contributed by atoms with E-state index in [1.807, 2.05) is 0 Å². The van der Waals surface area contributed by atoms with Gasteiger partial charge in [-0.25, -0.2) is 0 Å². The fourth-order valence-electron chi connectivity index (χ4n) is 2.76. The summed E-state index contributed by atoms with van der Waals surface area (Å²) in [6.45, 7) is 2.09. The molecule has 0 heterocycles. The van der Waals surface area contributed by atoms with Crippen molar-refractivity contribution in [3.63, 3.8) is 0 Å². The third-order valence-corrected chi connectivity index (χ3v) is 4.51. The van der Waals surface area contributed by atoms with Crippen molar-refractivity contribution in [2.24, 2.45) is 11.3 Å². The standard InChI is InChI=1S/C15H19NO3/c1-9-5-10(3-4-12(9)17)13(18)8-16(2)14(19)15-6-11(15)7-15/h3-5,11,13,17-18H,6-8H2,1-2H3. The van der Waals surface area contributed by atoms with Gasteiger partial charge in [-0.2, -0.15) is 0 Å². The number of aliphatic hydroxyl groups is 1. The van der Waals surface area contributed by atoms with Crippen molar-refractivity contribution < 1.29 is 15.0 Å². The number of amides is 1. The smallest absolute Gasteiger partial charge is 0.228 e. The molecule has 1 atom stereocenters. The zero-order valence-corrected chi connectivity index (χ0v) is 11.3. The van der Waals surface area contributed by atoms with E-state index < -0.39 is 6.10 Å². The van der Waals surface area contributed by atoms with E-state index in [4.69, 9.17) is 0 Å². The number of aromatic hydroxyl groups is 1. The first kappa shape index (κ1) is 12.5. The Labute approximate surface area is 112 Å². The van der Waals surface area contributed by atoms with Crippen LogP contribution in [-0.2, 0) is 4.79 Å². The summed E-state index contributed by atoms with van der Waals surface area (Å²) in [5, 5.41) is 19.6. The molecule has 1 amide bonds. The third-order valence-electron chi connectivity index (χ3n) is 4.51. The van der Waals surface area contributed by atoms with Gasteiger partial charge >= 0.3 is 0 Å². The molecule has 102 valence electrons. The highest BCUT2D eigenvalue weighted by molar-refractivity contribution is 5.89. The van der Waals surface area contributed by atoms with Crippen molar-refractivity contribution in [1.82, 2.24) is 4.90 Å². The third kappa shape index (κ3) is 2.00. The lowest BCUT2D eigenvalue weighted by Gasteiger charge is -2.22. The van der Waals surface area contributed by atoms with Crippen molar-refractivity contribution in [2.75, 3.05) is 13.6 Å². The van der Waals surface area contributed by atoms with Crippen LogP contribution in [0.2, 0.25) is 0 Å². The van der Waals surface area contributed by atoms with Crippen LogP contribution in [0.5, 0.6) is 5.75 Å². The van der Waals surface area contributed by atoms with Crippen LogP contribution in [-0.4, -0.2) is 34.6 Å². The van der Waals surface area contributed by atoms with Crippen LogP contribution in [0.4, 0.5) is 0 Å². The molecule has 0 radical (unpaired) electrons. The Kier molecular flexibility index (Phi) is 2.61. The number of carbonyl (C=O) groups excluding carboxylic acids is 1. The number of hydrogen-bond acceptors (Lipinski definition) is 3. The molecule has 2 aliphatic carbocycles. The molecule has 3 rings (SSSR count). The summed E-state index contributed by atoms with van der Waals surface area (Å²) in [5.41, 5.74) is 1.42. The average molecular weight is 261 g/mol. The number of carbonyl (C=O) groups is 1. The van der Waals surface area contributed by atoms with Crippen molar-refractivity contribution in [2.45, 2.75) is 25.9 Å². The average Bonchev–Trinajstić information content (AvgIpc) is 3.20. The summed E-state index contributed by atoms with van der Waals surface area (Å²) in [4.78, 5) is 13.8. The largest absolute Gasteiger partial charge is 0.508 e. The number of nitrogens with zero attached hydrogens (tertiary/aromatic N) is 1. The minimum atomic E-state index is -0.708. The van der Waals surface area contributed by atoms with Crippen LogP contribution < -0.4 is 0 Å². The van der Waals surface area contributed by atoms with Crippen molar-refractivity contribution >= 4 is 5.91 Å². The number of aryl methyl sites for hydroxylation is 1. The number of hydrogen-bond donors (Lipinski definition) is 2. The first-order chi connectivity index (χ1) is 8.94. The maximum atomic E-state index is 12.1. The highest BCUT2D eigenvalue weighted by Gasteiger charge is 2.75. The molecule has 2 N–H and O–H groups in total. The maximum Gasteiger partial charge on any atom is 0.228 e. The Morgan fingerprint density at radius 2 is 2.16 bits per heavy atom. The molecule has 2 fully saturated rings. The molecule has 19 heavy (non-hydrogen) atoms. The van der Waals surface area contributed by atoms with E-state index in [0.717, 1.165) is 24.0 Å². The summed E-state index contributed by atoms with van der Waals surface area (Å²) in [6, 6.07) is 5.03. The van der Waals surface area contributed by atoms with Gasteiger partial charge in [0.2, 0.25) is 5.91 Å². The van der Waals surface area contributed by atoms with Gasteiger partial charge in [-0.1, -0.05) is 6.07 Å².